The van der Waals surface area contributed by atoms with Crippen LogP contribution in [0.15, 0.2) is 91.0 Å². The molecule has 1 aliphatic carbocycles. The Bertz CT molecular complexity index is 1410. The molecule has 1 aliphatic rings. The average Bonchev–Trinajstić information content (AvgIpc) is 2.83. The molecule has 2 heteroatoms. The summed E-state index contributed by atoms with van der Waals surface area (Å²) >= 11 is 0. The van der Waals surface area contributed by atoms with Crippen LogP contribution in [0.2, 0.25) is 0 Å². The van der Waals surface area contributed by atoms with E-state index >= 15 is 0 Å². The second-order valence-corrected chi connectivity index (χ2v) is 9.30. The second-order valence-electron chi connectivity index (χ2n) is 9.30. The zero-order valence-corrected chi connectivity index (χ0v) is 18.9. The van der Waals surface area contributed by atoms with Gasteiger partial charge in [-0.25, -0.2) is 4.79 Å². The van der Waals surface area contributed by atoms with Crippen molar-refractivity contribution < 1.29 is 9.90 Å². The standard InChI is InChI=1S/C31H26O2/c1-31(2)19-18-27(26-9-5-7-23-6-3-4-8-25(23)26)28-20-22(14-17-29(28)31)11-10-21-12-15-24(16-13-21)30(32)33/h3-18,20H,19H2,1-2H3,(H,32,33). The van der Waals surface area contributed by atoms with Gasteiger partial charge in [-0.1, -0.05) is 98.8 Å². The zero-order valence-electron chi connectivity index (χ0n) is 18.9. The minimum Gasteiger partial charge on any atom is -0.478 e. The van der Waals surface area contributed by atoms with E-state index in [2.05, 4.69) is 86.7 Å². The molecule has 4 aromatic rings. The van der Waals surface area contributed by atoms with E-state index in [1.54, 1.807) is 12.1 Å². The van der Waals surface area contributed by atoms with Gasteiger partial charge in [-0.05, 0) is 74.2 Å². The molecule has 1 N–H and O–H groups in total. The first-order valence-electron chi connectivity index (χ1n) is 11.3. The number of carbonyl (C=O) groups is 1. The molecule has 0 atom stereocenters. The van der Waals surface area contributed by atoms with Crippen molar-refractivity contribution in [2.75, 3.05) is 0 Å². The van der Waals surface area contributed by atoms with Crippen molar-refractivity contribution in [3.05, 3.63) is 124 Å². The highest BCUT2D eigenvalue weighted by molar-refractivity contribution is 5.99. The summed E-state index contributed by atoms with van der Waals surface area (Å²) in [6.07, 6.45) is 7.52. The number of carboxylic acids is 1. The maximum Gasteiger partial charge on any atom is 0.335 e. The van der Waals surface area contributed by atoms with Crippen molar-refractivity contribution in [1.29, 1.82) is 0 Å². The molecule has 33 heavy (non-hydrogen) atoms. The Kier molecular flexibility index (Phi) is 5.22. The largest absolute Gasteiger partial charge is 0.478 e. The van der Waals surface area contributed by atoms with Gasteiger partial charge in [-0.3, -0.25) is 0 Å². The van der Waals surface area contributed by atoms with Crippen molar-refractivity contribution in [1.82, 2.24) is 0 Å². The summed E-state index contributed by atoms with van der Waals surface area (Å²) in [6, 6.07) is 28.8. The lowest BCUT2D eigenvalue weighted by molar-refractivity contribution is 0.0697. The van der Waals surface area contributed by atoms with Crippen LogP contribution in [0.1, 0.15) is 58.4 Å². The minimum absolute atomic E-state index is 0.0817. The molecule has 0 heterocycles. The third kappa shape index (κ3) is 4.01. The fraction of sp³-hybridized carbons (Fsp3) is 0.129. The fourth-order valence-corrected chi connectivity index (χ4v) is 4.70. The van der Waals surface area contributed by atoms with Gasteiger partial charge < -0.3 is 5.11 Å². The van der Waals surface area contributed by atoms with Gasteiger partial charge >= 0.3 is 5.97 Å². The van der Waals surface area contributed by atoms with Gasteiger partial charge in [0.05, 0.1) is 5.56 Å². The molecule has 0 saturated heterocycles. The number of rotatable bonds is 4. The first-order chi connectivity index (χ1) is 15.9. The van der Waals surface area contributed by atoms with Crippen LogP contribution in [0.3, 0.4) is 0 Å². The van der Waals surface area contributed by atoms with E-state index < -0.39 is 5.97 Å². The number of aromatic carboxylic acids is 1. The number of benzene rings is 4. The molecular formula is C31H26O2. The van der Waals surface area contributed by atoms with Gasteiger partial charge in [0, 0.05) is 0 Å². The Morgan fingerprint density at radius 3 is 2.30 bits per heavy atom. The maximum absolute atomic E-state index is 11.1. The molecule has 0 fully saturated rings. The third-order valence-electron chi connectivity index (χ3n) is 6.59. The van der Waals surface area contributed by atoms with Gasteiger partial charge in [0.25, 0.3) is 0 Å². The Morgan fingerprint density at radius 2 is 1.52 bits per heavy atom. The summed E-state index contributed by atoms with van der Waals surface area (Å²) < 4.78 is 0. The summed E-state index contributed by atoms with van der Waals surface area (Å²) in [4.78, 5) is 11.1. The predicted molar refractivity (Wildman–Crippen MR) is 137 cm³/mol. The first-order valence-corrected chi connectivity index (χ1v) is 11.3. The molecule has 0 bridgehead atoms. The summed E-state index contributed by atoms with van der Waals surface area (Å²) in [7, 11) is 0. The van der Waals surface area contributed by atoms with Crippen molar-refractivity contribution in [2.24, 2.45) is 0 Å². The monoisotopic (exact) mass is 430 g/mol. The van der Waals surface area contributed by atoms with E-state index in [0.717, 1.165) is 17.5 Å². The van der Waals surface area contributed by atoms with Crippen molar-refractivity contribution in [2.45, 2.75) is 25.7 Å². The number of hydrogen-bond acceptors (Lipinski definition) is 1. The van der Waals surface area contributed by atoms with Crippen LogP contribution in [-0.2, 0) is 5.41 Å². The number of fused-ring (bicyclic) bond motifs is 2. The lowest BCUT2D eigenvalue weighted by Gasteiger charge is -2.33. The maximum atomic E-state index is 11.1. The Hall–Kier alpha value is -3.91. The SMILES string of the molecule is CC1(C)CC=C(c2cccc3ccccc23)c2cc(C=Cc3ccc(C(=O)O)cc3)ccc21. The molecule has 2 nitrogen and oxygen atoms in total. The van der Waals surface area contributed by atoms with Crippen molar-refractivity contribution in [3.63, 3.8) is 0 Å². The van der Waals surface area contributed by atoms with E-state index in [-0.39, 0.29) is 5.41 Å². The molecule has 4 aromatic carbocycles. The van der Waals surface area contributed by atoms with Crippen LogP contribution in [-0.4, -0.2) is 11.1 Å². The number of allylic oxidation sites excluding steroid dienone is 1. The summed E-state index contributed by atoms with van der Waals surface area (Å²) in [6.45, 7) is 4.61. The molecule has 0 aromatic heterocycles. The van der Waals surface area contributed by atoms with E-state index in [1.807, 2.05) is 18.2 Å². The van der Waals surface area contributed by atoms with Crippen molar-refractivity contribution in [3.8, 4) is 0 Å². The highest BCUT2D eigenvalue weighted by atomic mass is 16.4. The Morgan fingerprint density at radius 1 is 0.818 bits per heavy atom. The van der Waals surface area contributed by atoms with Gasteiger partial charge in [0.2, 0.25) is 0 Å². The normalized spacial score (nSPS) is 14.8. The first kappa shape index (κ1) is 21.0. The van der Waals surface area contributed by atoms with Crippen LogP contribution in [0.4, 0.5) is 0 Å². The molecule has 0 spiro atoms. The highest BCUT2D eigenvalue weighted by Crippen LogP contribution is 2.43. The topological polar surface area (TPSA) is 37.3 Å². The third-order valence-corrected chi connectivity index (χ3v) is 6.59. The molecule has 162 valence electrons. The molecule has 0 radical (unpaired) electrons. The molecule has 0 unspecified atom stereocenters. The van der Waals surface area contributed by atoms with E-state index in [9.17, 15) is 4.79 Å². The highest BCUT2D eigenvalue weighted by Gasteiger charge is 2.29. The van der Waals surface area contributed by atoms with Gasteiger partial charge in [0.1, 0.15) is 0 Å². The van der Waals surface area contributed by atoms with Gasteiger partial charge in [0.15, 0.2) is 0 Å². The van der Waals surface area contributed by atoms with Crippen molar-refractivity contribution >= 4 is 34.5 Å². The number of carboxylic acid groups (broad SMARTS) is 1. The molecular weight excluding hydrogens is 404 g/mol. The van der Waals surface area contributed by atoms with Crippen LogP contribution >= 0.6 is 0 Å². The average molecular weight is 431 g/mol. The van der Waals surface area contributed by atoms with Crippen LogP contribution in [0, 0.1) is 0 Å². The van der Waals surface area contributed by atoms with E-state index in [4.69, 9.17) is 5.11 Å². The lowest BCUT2D eigenvalue weighted by Crippen LogP contribution is -2.22. The van der Waals surface area contributed by atoms with Crippen LogP contribution < -0.4 is 0 Å². The Labute approximate surface area is 194 Å². The summed E-state index contributed by atoms with van der Waals surface area (Å²) in [5.41, 5.74) is 7.70. The Balaban J connectivity index is 1.56. The van der Waals surface area contributed by atoms with Crippen LogP contribution in [0.25, 0.3) is 28.5 Å². The lowest BCUT2D eigenvalue weighted by atomic mass is 9.71. The van der Waals surface area contributed by atoms with E-state index in [1.165, 1.54) is 33.0 Å². The van der Waals surface area contributed by atoms with Gasteiger partial charge in [-0.15, -0.1) is 0 Å². The quantitative estimate of drug-likeness (QED) is 0.335. The molecule has 0 amide bonds. The second kappa shape index (κ2) is 8.22. The smallest absolute Gasteiger partial charge is 0.335 e. The fourth-order valence-electron chi connectivity index (χ4n) is 4.70. The summed E-state index contributed by atoms with van der Waals surface area (Å²) in [5, 5.41) is 11.6. The van der Waals surface area contributed by atoms with Gasteiger partial charge in [-0.2, -0.15) is 0 Å². The van der Waals surface area contributed by atoms with Crippen LogP contribution in [0.5, 0.6) is 0 Å². The minimum atomic E-state index is -0.907. The molecule has 0 aliphatic heterocycles. The van der Waals surface area contributed by atoms with E-state index in [0.29, 0.717) is 5.56 Å². The zero-order chi connectivity index (χ0) is 23.0. The molecule has 5 rings (SSSR count). The predicted octanol–water partition coefficient (Wildman–Crippen LogP) is 7.82. The summed E-state index contributed by atoms with van der Waals surface area (Å²) in [5.74, 6) is -0.907. The molecule has 0 saturated carbocycles. The number of hydrogen-bond donors (Lipinski definition) is 1.